The van der Waals surface area contributed by atoms with Crippen LogP contribution in [-0.2, 0) is 32.4 Å². The number of anilines is 2. The summed E-state index contributed by atoms with van der Waals surface area (Å²) in [5.41, 5.74) is 5.45. The molecule has 3 fully saturated rings. The fraction of sp³-hybridized carbons (Fsp3) is 0.667. The van der Waals surface area contributed by atoms with E-state index < -0.39 is 27.3 Å². The Labute approximate surface area is 409 Å². The predicted molar refractivity (Wildman–Crippen MR) is 280 cm³/mol. The van der Waals surface area contributed by atoms with Gasteiger partial charge in [0.05, 0.1) is 0 Å². The van der Waals surface area contributed by atoms with Crippen molar-refractivity contribution in [1.82, 2.24) is 19.8 Å². The number of hydrogen-bond donors (Lipinski definition) is 2. The second-order valence-corrected chi connectivity index (χ2v) is 33.9. The third kappa shape index (κ3) is 13.4. The van der Waals surface area contributed by atoms with Crippen LogP contribution in [0.1, 0.15) is 91.0 Å². The van der Waals surface area contributed by atoms with Crippen molar-refractivity contribution in [3.8, 4) is 0 Å². The molecule has 2 atom stereocenters. The number of nitrogens with one attached hydrogen (secondary N) is 2. The largest absolute Gasteiger partial charge is 0.444 e. The van der Waals surface area contributed by atoms with Crippen molar-refractivity contribution in [1.29, 1.82) is 0 Å². The lowest BCUT2D eigenvalue weighted by Gasteiger charge is -2.37. The van der Waals surface area contributed by atoms with E-state index in [1.807, 2.05) is 51.3 Å². The minimum absolute atomic E-state index is 0. The van der Waals surface area contributed by atoms with Gasteiger partial charge in [-0.05, 0) is 104 Å². The molecule has 0 radical (unpaired) electrons. The number of imidazole rings is 2. The van der Waals surface area contributed by atoms with Crippen molar-refractivity contribution in [3.63, 3.8) is 0 Å². The highest BCUT2D eigenvalue weighted by Crippen LogP contribution is 2.35. The van der Waals surface area contributed by atoms with Gasteiger partial charge in [-0.1, -0.05) is 39.3 Å². The molecule has 3 aliphatic rings. The van der Waals surface area contributed by atoms with Gasteiger partial charge < -0.3 is 28.7 Å². The number of piperazine rings is 1. The van der Waals surface area contributed by atoms with E-state index in [0.717, 1.165) is 97.7 Å². The number of amides is 2. The first-order valence-electron chi connectivity index (χ1n) is 23.8. The van der Waals surface area contributed by atoms with Crippen LogP contribution in [0.3, 0.4) is 0 Å². The number of rotatable bonds is 14. The number of aromatic nitrogens is 4. The Morgan fingerprint density at radius 2 is 0.970 bits per heavy atom. The Kier molecular flexibility index (Phi) is 17.4. The maximum Gasteiger partial charge on any atom is 0.411 e. The zero-order valence-corrected chi connectivity index (χ0v) is 46.1. The number of H-pyrrole nitrogens is 2. The molecule has 5 heterocycles. The topological polar surface area (TPSA) is 123 Å². The molecule has 4 aromatic rings. The summed E-state index contributed by atoms with van der Waals surface area (Å²) in [6.45, 7) is 32.9. The SMILES string of the molecule is CC(C)(C)OC(=O)N1CCC[C@H]1c1[nH]c2ccc(N3CCN(c4ccc5[nH]c([C@@H]6CCCN6C(=O)OC(C)(C)C)[n+](COCC[Si](C)(C)C)c5c4)CC3)cc2[n+]1COCC[Si](C)(C)C.S.S. The number of fused-ring (bicyclic) bond motifs is 2. The lowest BCUT2D eigenvalue weighted by atomic mass is 10.2. The maximum absolute atomic E-state index is 13.4. The molecule has 2 N–H and O–H groups in total. The first-order chi connectivity index (χ1) is 30.0. The number of nitrogens with zero attached hydrogens (tertiary/aromatic N) is 6. The van der Waals surface area contributed by atoms with Crippen molar-refractivity contribution >= 4 is 88.8 Å². The summed E-state index contributed by atoms with van der Waals surface area (Å²) in [7, 11) is -2.55. The highest BCUT2D eigenvalue weighted by Gasteiger charge is 2.42. The standard InChI is InChI=1S/C48H76N8O6Si2.2H2S/c1-47(2,3)61-45(57)53-21-13-15-39(53)43-49-37-19-17-35(31-41(37)55(43)33-59-27-29-63(7,8)9)51-23-25-52(26-24-51)36-18-20-38-42(32-36)56(34-60-28-30-64(10,11)12)44(50-38)40-16-14-22-54(40)46(58)62-48(4,5)6;;/h17-20,31-32,39-40H,13-16,21-30,33-34H2,1-12H3;2*1H2/p+2/t39-,40-;;/m0../s1. The van der Waals surface area contributed by atoms with Gasteiger partial charge >= 0.3 is 12.2 Å². The van der Waals surface area contributed by atoms with Gasteiger partial charge in [0.2, 0.25) is 0 Å². The number of benzene rings is 2. The first kappa shape index (κ1) is 53.5. The fourth-order valence-corrected chi connectivity index (χ4v) is 10.6. The summed E-state index contributed by atoms with van der Waals surface area (Å²) in [6, 6.07) is 15.3. The van der Waals surface area contributed by atoms with Gasteiger partial charge in [-0.15, -0.1) is 0 Å². The molecule has 368 valence electrons. The molecule has 0 aliphatic carbocycles. The molecule has 0 unspecified atom stereocenters. The van der Waals surface area contributed by atoms with Gasteiger partial charge in [-0.3, -0.25) is 9.80 Å². The van der Waals surface area contributed by atoms with Crippen molar-refractivity contribution in [2.24, 2.45) is 0 Å². The third-order valence-corrected chi connectivity index (χ3v) is 15.9. The molecule has 0 spiro atoms. The molecule has 3 saturated heterocycles. The molecular formula is C48H82N8O6S2Si2+2. The van der Waals surface area contributed by atoms with E-state index >= 15 is 0 Å². The third-order valence-electron chi connectivity index (χ3n) is 12.5. The highest BCUT2D eigenvalue weighted by atomic mass is 32.1. The van der Waals surface area contributed by atoms with Crippen LogP contribution in [0.2, 0.25) is 51.4 Å². The van der Waals surface area contributed by atoms with E-state index in [2.05, 4.69) is 105 Å². The normalized spacial score (nSPS) is 18.5. The Hall–Kier alpha value is -3.43. The van der Waals surface area contributed by atoms with Crippen molar-refractivity contribution in [3.05, 3.63) is 48.0 Å². The predicted octanol–water partition coefficient (Wildman–Crippen LogP) is 9.54. The summed E-state index contributed by atoms with van der Waals surface area (Å²) >= 11 is 0. The fourth-order valence-electron chi connectivity index (χ4n) is 9.04. The number of likely N-dealkylation sites (tertiary alicyclic amines) is 2. The number of carbonyl (C=O) groups is 2. The van der Waals surface area contributed by atoms with Crippen LogP contribution in [0.15, 0.2) is 36.4 Å². The summed E-state index contributed by atoms with van der Waals surface area (Å²) < 4.78 is 29.1. The van der Waals surface area contributed by atoms with Gasteiger partial charge in [-0.25, -0.2) is 28.7 Å². The van der Waals surface area contributed by atoms with Gasteiger partial charge in [-0.2, -0.15) is 27.0 Å². The number of aromatic amines is 2. The van der Waals surface area contributed by atoms with Gasteiger partial charge in [0, 0.05) is 92.1 Å². The van der Waals surface area contributed by atoms with Crippen LogP contribution in [0, 0.1) is 0 Å². The van der Waals surface area contributed by atoms with E-state index in [1.165, 1.54) is 11.4 Å². The monoisotopic (exact) mass is 987 g/mol. The van der Waals surface area contributed by atoms with Gasteiger partial charge in [0.15, 0.2) is 35.5 Å². The molecule has 14 nitrogen and oxygen atoms in total. The lowest BCUT2D eigenvalue weighted by Crippen LogP contribution is -2.47. The number of ether oxygens (including phenoxy) is 4. The van der Waals surface area contributed by atoms with Crippen LogP contribution in [-0.4, -0.2) is 112 Å². The van der Waals surface area contributed by atoms with Gasteiger partial charge in [0.1, 0.15) is 23.3 Å². The van der Waals surface area contributed by atoms with Crippen LogP contribution >= 0.6 is 27.0 Å². The van der Waals surface area contributed by atoms with Crippen LogP contribution in [0.5, 0.6) is 0 Å². The highest BCUT2D eigenvalue weighted by molar-refractivity contribution is 7.59. The molecule has 2 aromatic heterocycles. The van der Waals surface area contributed by atoms with E-state index in [4.69, 9.17) is 18.9 Å². The summed E-state index contributed by atoms with van der Waals surface area (Å²) in [5, 5.41) is 0. The second kappa shape index (κ2) is 21.5. The average molecular weight is 988 g/mol. The minimum atomic E-state index is -1.28. The molecule has 66 heavy (non-hydrogen) atoms. The Morgan fingerprint density at radius 1 is 0.606 bits per heavy atom. The van der Waals surface area contributed by atoms with Crippen molar-refractivity contribution in [2.45, 2.75) is 155 Å². The molecule has 18 heteroatoms. The molecule has 7 rings (SSSR count). The van der Waals surface area contributed by atoms with Crippen molar-refractivity contribution < 1.29 is 37.7 Å². The van der Waals surface area contributed by atoms with Crippen LogP contribution < -0.4 is 18.9 Å². The molecule has 2 aromatic carbocycles. The number of carbonyl (C=O) groups excluding carboxylic acids is 2. The molecule has 2 amide bonds. The zero-order valence-electron chi connectivity index (χ0n) is 42.1. The second-order valence-electron chi connectivity index (χ2n) is 22.6. The van der Waals surface area contributed by atoms with E-state index in [0.29, 0.717) is 39.8 Å². The van der Waals surface area contributed by atoms with E-state index in [9.17, 15) is 9.59 Å². The molecule has 0 saturated carbocycles. The average Bonchev–Trinajstić information content (AvgIpc) is 4.01. The van der Waals surface area contributed by atoms with E-state index in [-0.39, 0.29) is 51.3 Å². The quantitative estimate of drug-likeness (QED) is 0.0728. The summed E-state index contributed by atoms with van der Waals surface area (Å²) in [6.07, 6.45) is 3.03. The van der Waals surface area contributed by atoms with Crippen molar-refractivity contribution in [2.75, 3.05) is 62.3 Å². The first-order valence-corrected chi connectivity index (χ1v) is 31.2. The summed E-state index contributed by atoms with van der Waals surface area (Å²) in [4.78, 5) is 43.1. The summed E-state index contributed by atoms with van der Waals surface area (Å²) in [5.74, 6) is 1.97. The van der Waals surface area contributed by atoms with Crippen LogP contribution in [0.4, 0.5) is 21.0 Å². The van der Waals surface area contributed by atoms with E-state index in [1.54, 1.807) is 0 Å². The van der Waals surface area contributed by atoms with Crippen LogP contribution in [0.25, 0.3) is 22.1 Å². The molecule has 3 aliphatic heterocycles. The zero-order chi connectivity index (χ0) is 46.2. The number of hydrogen-bond acceptors (Lipinski definition) is 8. The Morgan fingerprint density at radius 3 is 1.30 bits per heavy atom. The minimum Gasteiger partial charge on any atom is -0.444 e. The molecule has 0 bridgehead atoms. The Bertz CT molecular complexity index is 2110. The smallest absolute Gasteiger partial charge is 0.411 e. The molecular weight excluding hydrogens is 905 g/mol. The Balaban J connectivity index is 0.00000408. The lowest BCUT2D eigenvalue weighted by molar-refractivity contribution is -0.717. The maximum atomic E-state index is 13.4. The van der Waals surface area contributed by atoms with Gasteiger partial charge in [0.25, 0.3) is 11.6 Å².